The zero-order chi connectivity index (χ0) is 12.0. The molecule has 0 spiro atoms. The number of ether oxygens (including phenoxy) is 1. The fourth-order valence-corrected chi connectivity index (χ4v) is 1.38. The topological polar surface area (TPSA) is 68.5 Å². The van der Waals surface area contributed by atoms with Crippen LogP contribution in [0.1, 0.15) is 5.56 Å². The maximum atomic E-state index is 11.8. The number of amides is 1. The van der Waals surface area contributed by atoms with Crippen molar-refractivity contribution in [2.24, 2.45) is 5.73 Å². The molecule has 0 saturated heterocycles. The van der Waals surface area contributed by atoms with Gasteiger partial charge in [0.15, 0.2) is 0 Å². The van der Waals surface area contributed by atoms with Crippen LogP contribution in [0.4, 0.5) is 0 Å². The smallest absolute Gasteiger partial charge is 0.253 e. The Labute approximate surface area is 120 Å². The van der Waals surface area contributed by atoms with Crippen molar-refractivity contribution >= 4 is 30.7 Å². The first-order valence-corrected chi connectivity index (χ1v) is 5.05. The highest BCUT2D eigenvalue weighted by Crippen LogP contribution is 2.03. The number of hydrogen-bond acceptors (Lipinski definition) is 4. The van der Waals surface area contributed by atoms with Crippen LogP contribution in [0.5, 0.6) is 0 Å². The number of carbonyl (C=O) groups excluding carboxylic acids is 1. The number of halogens is 2. The van der Waals surface area contributed by atoms with E-state index in [1.54, 1.807) is 24.3 Å². The summed E-state index contributed by atoms with van der Waals surface area (Å²) < 4.78 is 4.99. The van der Waals surface area contributed by atoms with Gasteiger partial charge in [0.25, 0.3) is 5.91 Å². The van der Waals surface area contributed by atoms with E-state index < -0.39 is 6.10 Å². The first-order chi connectivity index (χ1) is 7.69. The van der Waals surface area contributed by atoms with Gasteiger partial charge in [-0.15, -0.1) is 24.8 Å². The molecule has 0 saturated carbocycles. The Kier molecular flexibility index (Phi) is 10.9. The van der Waals surface area contributed by atoms with E-state index in [9.17, 15) is 4.79 Å². The number of nitrogens with two attached hydrogens (primary N) is 1. The average Bonchev–Trinajstić information content (AvgIpc) is 2.31. The molecule has 0 bridgehead atoms. The highest BCUT2D eigenvalue weighted by atomic mass is 35.5. The largest absolute Gasteiger partial charge is 0.370 e. The van der Waals surface area contributed by atoms with Gasteiger partial charge in [-0.25, -0.2) is 0 Å². The number of likely N-dealkylation sites (N-methyl/N-ethyl adjacent to an activating group) is 1. The lowest BCUT2D eigenvalue weighted by molar-refractivity contribution is -0.140. The van der Waals surface area contributed by atoms with Crippen LogP contribution in [0, 0.1) is 0 Å². The quantitative estimate of drug-likeness (QED) is 0.875. The fraction of sp³-hybridized carbons (Fsp3) is 0.455. The summed E-state index contributed by atoms with van der Waals surface area (Å²) in [6, 6.07) is 3.74. The van der Waals surface area contributed by atoms with Gasteiger partial charge in [-0.05, 0) is 17.7 Å². The summed E-state index contributed by atoms with van der Waals surface area (Å²) in [5.41, 5.74) is 6.46. The molecule has 104 valence electrons. The maximum absolute atomic E-state index is 11.8. The molecule has 1 rings (SSSR count). The monoisotopic (exact) mass is 295 g/mol. The molecule has 18 heavy (non-hydrogen) atoms. The number of methoxy groups -OCH3 is 1. The Morgan fingerprint density at radius 1 is 1.44 bits per heavy atom. The predicted molar refractivity (Wildman–Crippen MR) is 75.1 cm³/mol. The SMILES string of the molecule is COC(CN)C(=O)N(C)Cc1ccncc1.Cl.Cl. The van der Waals surface area contributed by atoms with Gasteiger partial charge in [0.1, 0.15) is 6.10 Å². The number of carbonyl (C=O) groups is 1. The van der Waals surface area contributed by atoms with Crippen molar-refractivity contribution in [2.75, 3.05) is 20.7 Å². The third-order valence-electron chi connectivity index (χ3n) is 2.32. The fourth-order valence-electron chi connectivity index (χ4n) is 1.38. The second-order valence-electron chi connectivity index (χ2n) is 3.51. The van der Waals surface area contributed by atoms with Crippen molar-refractivity contribution in [2.45, 2.75) is 12.6 Å². The van der Waals surface area contributed by atoms with Gasteiger partial charge in [0.2, 0.25) is 0 Å². The third kappa shape index (κ3) is 5.64. The van der Waals surface area contributed by atoms with Crippen LogP contribution in [0.25, 0.3) is 0 Å². The van der Waals surface area contributed by atoms with Crippen molar-refractivity contribution in [1.82, 2.24) is 9.88 Å². The van der Waals surface area contributed by atoms with Crippen LogP contribution in [0.15, 0.2) is 24.5 Å². The number of aromatic nitrogens is 1. The van der Waals surface area contributed by atoms with Gasteiger partial charge >= 0.3 is 0 Å². The number of hydrogen-bond donors (Lipinski definition) is 1. The Hall–Kier alpha value is -0.880. The molecular formula is C11H19Cl2N3O2. The van der Waals surface area contributed by atoms with Gasteiger partial charge in [-0.3, -0.25) is 9.78 Å². The normalized spacial score (nSPS) is 10.8. The van der Waals surface area contributed by atoms with E-state index in [1.807, 2.05) is 12.1 Å². The van der Waals surface area contributed by atoms with E-state index in [-0.39, 0.29) is 37.3 Å². The first-order valence-electron chi connectivity index (χ1n) is 5.05. The zero-order valence-electron chi connectivity index (χ0n) is 10.4. The number of nitrogens with zero attached hydrogens (tertiary/aromatic N) is 2. The third-order valence-corrected chi connectivity index (χ3v) is 2.32. The molecule has 7 heteroatoms. The molecular weight excluding hydrogens is 277 g/mol. The predicted octanol–water partition coefficient (Wildman–Crippen LogP) is 0.857. The lowest BCUT2D eigenvalue weighted by atomic mass is 10.2. The Morgan fingerprint density at radius 2 is 2.00 bits per heavy atom. The van der Waals surface area contributed by atoms with Gasteiger partial charge in [0.05, 0.1) is 0 Å². The molecule has 1 amide bonds. The van der Waals surface area contributed by atoms with Crippen molar-refractivity contribution in [3.8, 4) is 0 Å². The molecule has 0 aliphatic carbocycles. The molecule has 1 unspecified atom stereocenters. The molecule has 1 aromatic rings. The Bertz CT molecular complexity index is 334. The molecule has 2 N–H and O–H groups in total. The summed E-state index contributed by atoms with van der Waals surface area (Å²) in [6.45, 7) is 0.719. The molecule has 5 nitrogen and oxygen atoms in total. The summed E-state index contributed by atoms with van der Waals surface area (Å²) in [7, 11) is 3.21. The van der Waals surface area contributed by atoms with Crippen molar-refractivity contribution in [3.05, 3.63) is 30.1 Å². The number of rotatable bonds is 5. The molecule has 0 radical (unpaired) electrons. The standard InChI is InChI=1S/C11H17N3O2.2ClH/c1-14(11(15)10(7-12)16-2)8-9-3-5-13-6-4-9;;/h3-6,10H,7-8,12H2,1-2H3;2*1H. The second kappa shape index (κ2) is 10.1. The lowest BCUT2D eigenvalue weighted by Crippen LogP contribution is -2.41. The van der Waals surface area contributed by atoms with Crippen LogP contribution in [-0.2, 0) is 16.1 Å². The summed E-state index contributed by atoms with van der Waals surface area (Å²) >= 11 is 0. The molecule has 1 aromatic heterocycles. The maximum Gasteiger partial charge on any atom is 0.253 e. The average molecular weight is 296 g/mol. The van der Waals surface area contributed by atoms with Gasteiger partial charge in [0, 0.05) is 39.6 Å². The Morgan fingerprint density at radius 3 is 2.44 bits per heavy atom. The highest BCUT2D eigenvalue weighted by molar-refractivity contribution is 5.85. The van der Waals surface area contributed by atoms with E-state index in [1.165, 1.54) is 7.11 Å². The minimum absolute atomic E-state index is 0. The summed E-state index contributed by atoms with van der Waals surface area (Å²) in [5.74, 6) is -0.109. The second-order valence-corrected chi connectivity index (χ2v) is 3.51. The van der Waals surface area contributed by atoms with Crippen molar-refractivity contribution < 1.29 is 9.53 Å². The van der Waals surface area contributed by atoms with E-state index in [0.29, 0.717) is 6.54 Å². The molecule has 0 aromatic carbocycles. The molecule has 0 fully saturated rings. The Balaban J connectivity index is 0. The van der Waals surface area contributed by atoms with Crippen molar-refractivity contribution in [1.29, 1.82) is 0 Å². The summed E-state index contributed by atoms with van der Waals surface area (Å²) in [4.78, 5) is 17.3. The molecule has 0 aliphatic heterocycles. The van der Waals surface area contributed by atoms with Crippen molar-refractivity contribution in [3.63, 3.8) is 0 Å². The summed E-state index contributed by atoms with van der Waals surface area (Å²) in [6.07, 6.45) is 2.83. The van der Waals surface area contributed by atoms with E-state index in [4.69, 9.17) is 10.5 Å². The summed E-state index contributed by atoms with van der Waals surface area (Å²) in [5, 5.41) is 0. The van der Waals surface area contributed by atoms with Crippen LogP contribution < -0.4 is 5.73 Å². The van der Waals surface area contributed by atoms with Gasteiger partial charge < -0.3 is 15.4 Å². The molecule has 1 atom stereocenters. The number of pyridine rings is 1. The van der Waals surface area contributed by atoms with E-state index in [2.05, 4.69) is 4.98 Å². The minimum atomic E-state index is -0.563. The first kappa shape index (κ1) is 19.5. The molecule has 0 aliphatic rings. The lowest BCUT2D eigenvalue weighted by Gasteiger charge is -2.21. The van der Waals surface area contributed by atoms with Gasteiger partial charge in [-0.2, -0.15) is 0 Å². The van der Waals surface area contributed by atoms with E-state index in [0.717, 1.165) is 5.56 Å². The van der Waals surface area contributed by atoms with Crippen LogP contribution in [-0.4, -0.2) is 42.6 Å². The van der Waals surface area contributed by atoms with Crippen LogP contribution in [0.2, 0.25) is 0 Å². The minimum Gasteiger partial charge on any atom is -0.370 e. The van der Waals surface area contributed by atoms with Crippen LogP contribution >= 0.6 is 24.8 Å². The zero-order valence-corrected chi connectivity index (χ0v) is 12.0. The van der Waals surface area contributed by atoms with Crippen LogP contribution in [0.3, 0.4) is 0 Å². The highest BCUT2D eigenvalue weighted by Gasteiger charge is 2.19. The van der Waals surface area contributed by atoms with Gasteiger partial charge in [-0.1, -0.05) is 0 Å². The van der Waals surface area contributed by atoms with E-state index >= 15 is 0 Å². The molecule has 1 heterocycles.